The van der Waals surface area contributed by atoms with Gasteiger partial charge >= 0.3 is 11.9 Å². The number of carboxylic acid groups (broad SMARTS) is 2. The van der Waals surface area contributed by atoms with Gasteiger partial charge in [0.15, 0.2) is 0 Å². The molecule has 2 N–H and O–H groups in total. The first-order valence-corrected chi connectivity index (χ1v) is 8.52. The predicted molar refractivity (Wildman–Crippen MR) is 87.7 cm³/mol. The van der Waals surface area contributed by atoms with E-state index in [1.54, 1.807) is 0 Å². The smallest absolute Gasteiger partial charge is 0.304 e. The first-order chi connectivity index (χ1) is 10.6. The van der Waals surface area contributed by atoms with E-state index >= 15 is 0 Å². The Kier molecular flexibility index (Phi) is 14.8. The topological polar surface area (TPSA) is 74.6 Å². The molecule has 0 saturated carbocycles. The number of aliphatic carboxylic acids is 2. The van der Waals surface area contributed by atoms with Crippen LogP contribution in [0.15, 0.2) is 0 Å². The van der Waals surface area contributed by atoms with E-state index in [2.05, 4.69) is 11.8 Å². The summed E-state index contributed by atoms with van der Waals surface area (Å²) in [5.74, 6) is 4.45. The lowest BCUT2D eigenvalue weighted by Crippen LogP contribution is -1.93. The van der Waals surface area contributed by atoms with Gasteiger partial charge in [-0.3, -0.25) is 9.59 Å². The third-order valence-corrected chi connectivity index (χ3v) is 3.53. The Morgan fingerprint density at radius 2 is 0.955 bits per heavy atom. The van der Waals surface area contributed by atoms with Crippen LogP contribution in [-0.4, -0.2) is 22.2 Å². The Hall–Kier alpha value is -1.50. The van der Waals surface area contributed by atoms with Crippen molar-refractivity contribution in [1.29, 1.82) is 0 Å². The molecule has 0 aromatic carbocycles. The van der Waals surface area contributed by atoms with Crippen molar-refractivity contribution in [2.75, 3.05) is 0 Å². The predicted octanol–water partition coefficient (Wildman–Crippen LogP) is 4.62. The monoisotopic (exact) mass is 310 g/mol. The highest BCUT2D eigenvalue weighted by Crippen LogP contribution is 2.11. The minimum Gasteiger partial charge on any atom is -0.481 e. The summed E-state index contributed by atoms with van der Waals surface area (Å²) >= 11 is 0. The number of rotatable bonds is 14. The molecule has 0 aliphatic heterocycles. The Morgan fingerprint density at radius 3 is 1.45 bits per heavy atom. The summed E-state index contributed by atoms with van der Waals surface area (Å²) in [4.78, 5) is 20.6. The standard InChI is InChI=1S/C18H30O4/c19-17(20)15-13-11-9-7-5-3-1-2-4-6-8-10-12-14-16-18(21)22/h1-9,11,13-16H2,(H,19,20)(H,21,22). The number of hydrogen-bond acceptors (Lipinski definition) is 2. The molecule has 0 bridgehead atoms. The fourth-order valence-corrected chi connectivity index (χ4v) is 2.25. The molecule has 0 saturated heterocycles. The SMILES string of the molecule is O=C(O)CCC#CCCCCCCCCCCCCC(=O)O. The van der Waals surface area contributed by atoms with Gasteiger partial charge in [-0.25, -0.2) is 0 Å². The highest BCUT2D eigenvalue weighted by atomic mass is 16.4. The van der Waals surface area contributed by atoms with Crippen molar-refractivity contribution in [3.63, 3.8) is 0 Å². The van der Waals surface area contributed by atoms with Crippen molar-refractivity contribution in [3.8, 4) is 11.8 Å². The third-order valence-electron chi connectivity index (χ3n) is 3.53. The summed E-state index contributed by atoms with van der Waals surface area (Å²) in [6, 6.07) is 0. The van der Waals surface area contributed by atoms with Crippen LogP contribution in [-0.2, 0) is 9.59 Å². The van der Waals surface area contributed by atoms with Crippen LogP contribution in [0.3, 0.4) is 0 Å². The van der Waals surface area contributed by atoms with Crippen LogP contribution >= 0.6 is 0 Å². The minimum absolute atomic E-state index is 0.142. The average molecular weight is 310 g/mol. The van der Waals surface area contributed by atoms with E-state index in [4.69, 9.17) is 10.2 Å². The molecule has 0 aromatic heterocycles. The van der Waals surface area contributed by atoms with Gasteiger partial charge in [-0.05, 0) is 12.8 Å². The van der Waals surface area contributed by atoms with Crippen molar-refractivity contribution < 1.29 is 19.8 Å². The summed E-state index contributed by atoms with van der Waals surface area (Å²) < 4.78 is 0. The maximum atomic E-state index is 10.3. The van der Waals surface area contributed by atoms with Gasteiger partial charge < -0.3 is 10.2 Å². The molecule has 0 atom stereocenters. The van der Waals surface area contributed by atoms with Crippen molar-refractivity contribution in [3.05, 3.63) is 0 Å². The van der Waals surface area contributed by atoms with Crippen LogP contribution in [0.25, 0.3) is 0 Å². The second-order valence-corrected chi connectivity index (χ2v) is 5.68. The summed E-state index contributed by atoms with van der Waals surface area (Å²) in [6.07, 6.45) is 13.3. The van der Waals surface area contributed by atoms with E-state index in [0.717, 1.165) is 32.1 Å². The number of unbranched alkanes of at least 4 members (excludes halogenated alkanes) is 10. The van der Waals surface area contributed by atoms with E-state index in [1.165, 1.54) is 38.5 Å². The molecule has 0 amide bonds. The fraction of sp³-hybridized carbons (Fsp3) is 0.778. The first kappa shape index (κ1) is 20.5. The van der Waals surface area contributed by atoms with Gasteiger partial charge in [-0.15, -0.1) is 11.8 Å². The fourth-order valence-electron chi connectivity index (χ4n) is 2.25. The van der Waals surface area contributed by atoms with E-state index in [0.29, 0.717) is 12.8 Å². The molecule has 0 aromatic rings. The number of carbonyl (C=O) groups is 2. The number of carboxylic acids is 2. The molecule has 4 nitrogen and oxygen atoms in total. The maximum absolute atomic E-state index is 10.3. The second kappa shape index (κ2) is 15.9. The van der Waals surface area contributed by atoms with E-state index in [9.17, 15) is 9.59 Å². The molecule has 0 rings (SSSR count). The van der Waals surface area contributed by atoms with E-state index in [-0.39, 0.29) is 6.42 Å². The van der Waals surface area contributed by atoms with Crippen LogP contribution in [0.5, 0.6) is 0 Å². The zero-order chi connectivity index (χ0) is 16.5. The van der Waals surface area contributed by atoms with Crippen molar-refractivity contribution >= 4 is 11.9 Å². The zero-order valence-electron chi connectivity index (χ0n) is 13.6. The molecular formula is C18H30O4. The lowest BCUT2D eigenvalue weighted by molar-refractivity contribution is -0.138. The quantitative estimate of drug-likeness (QED) is 0.362. The first-order valence-electron chi connectivity index (χ1n) is 8.52. The molecule has 0 radical (unpaired) electrons. The number of hydrogen-bond donors (Lipinski definition) is 2. The van der Waals surface area contributed by atoms with Crippen molar-refractivity contribution in [1.82, 2.24) is 0 Å². The van der Waals surface area contributed by atoms with Gasteiger partial charge in [0.2, 0.25) is 0 Å². The molecule has 0 fully saturated rings. The molecular weight excluding hydrogens is 280 g/mol. The summed E-state index contributed by atoms with van der Waals surface area (Å²) in [5.41, 5.74) is 0. The molecule has 0 spiro atoms. The molecule has 0 unspecified atom stereocenters. The van der Waals surface area contributed by atoms with E-state index in [1.807, 2.05) is 0 Å². The Balaban J connectivity index is 3.11. The lowest BCUT2D eigenvalue weighted by Gasteiger charge is -2.01. The van der Waals surface area contributed by atoms with Gasteiger partial charge in [0.25, 0.3) is 0 Å². The highest BCUT2D eigenvalue weighted by molar-refractivity contribution is 5.67. The largest absolute Gasteiger partial charge is 0.481 e. The highest BCUT2D eigenvalue weighted by Gasteiger charge is 1.96. The lowest BCUT2D eigenvalue weighted by atomic mass is 10.1. The summed E-state index contributed by atoms with van der Waals surface area (Å²) in [6.45, 7) is 0. The Labute approximate surface area is 134 Å². The third kappa shape index (κ3) is 18.5. The molecule has 4 heteroatoms. The van der Waals surface area contributed by atoms with Crippen LogP contribution < -0.4 is 0 Å². The maximum Gasteiger partial charge on any atom is 0.304 e. The van der Waals surface area contributed by atoms with Crippen molar-refractivity contribution in [2.45, 2.75) is 89.9 Å². The van der Waals surface area contributed by atoms with Gasteiger partial charge in [0.1, 0.15) is 0 Å². The van der Waals surface area contributed by atoms with Gasteiger partial charge in [-0.2, -0.15) is 0 Å². The molecule has 22 heavy (non-hydrogen) atoms. The van der Waals surface area contributed by atoms with Gasteiger partial charge in [0.05, 0.1) is 6.42 Å². The van der Waals surface area contributed by atoms with Gasteiger partial charge in [0, 0.05) is 19.3 Å². The molecule has 0 aliphatic carbocycles. The van der Waals surface area contributed by atoms with Gasteiger partial charge in [-0.1, -0.05) is 51.4 Å². The molecule has 0 aliphatic rings. The normalized spacial score (nSPS) is 10.0. The van der Waals surface area contributed by atoms with Crippen LogP contribution in [0.2, 0.25) is 0 Å². The Bertz CT molecular complexity index is 352. The van der Waals surface area contributed by atoms with E-state index < -0.39 is 11.9 Å². The molecule has 126 valence electrons. The second-order valence-electron chi connectivity index (χ2n) is 5.68. The minimum atomic E-state index is -0.781. The van der Waals surface area contributed by atoms with Crippen molar-refractivity contribution in [2.24, 2.45) is 0 Å². The zero-order valence-corrected chi connectivity index (χ0v) is 13.6. The summed E-state index contributed by atoms with van der Waals surface area (Å²) in [5, 5.41) is 17.0. The van der Waals surface area contributed by atoms with Crippen LogP contribution in [0.1, 0.15) is 89.9 Å². The Morgan fingerprint density at radius 1 is 0.545 bits per heavy atom. The van der Waals surface area contributed by atoms with Crippen LogP contribution in [0, 0.1) is 11.8 Å². The summed E-state index contributed by atoms with van der Waals surface area (Å²) in [7, 11) is 0. The molecule has 0 heterocycles. The van der Waals surface area contributed by atoms with Crippen LogP contribution in [0.4, 0.5) is 0 Å². The average Bonchev–Trinajstić information content (AvgIpc) is 2.46.